The molecule has 0 radical (unpaired) electrons. The van der Waals surface area contributed by atoms with E-state index in [1.54, 1.807) is 4.68 Å². The molecule has 0 unspecified atom stereocenters. The van der Waals surface area contributed by atoms with Crippen molar-refractivity contribution in [2.45, 2.75) is 32.2 Å². The lowest BCUT2D eigenvalue weighted by Gasteiger charge is -2.20. The van der Waals surface area contributed by atoms with Crippen LogP contribution in [0.15, 0.2) is 12.3 Å². The summed E-state index contributed by atoms with van der Waals surface area (Å²) in [6.07, 6.45) is 6.71. The van der Waals surface area contributed by atoms with Gasteiger partial charge in [0.05, 0.1) is 12.2 Å². The van der Waals surface area contributed by atoms with Crippen molar-refractivity contribution in [3.8, 4) is 0 Å². The molecule has 1 aliphatic rings. The second kappa shape index (κ2) is 6.54. The Kier molecular flexibility index (Phi) is 4.75. The smallest absolute Gasteiger partial charge is 0.236 e. The maximum Gasteiger partial charge on any atom is 0.236 e. The third kappa shape index (κ3) is 3.84. The van der Waals surface area contributed by atoms with Crippen LogP contribution in [0.3, 0.4) is 0 Å². The maximum absolute atomic E-state index is 12.0. The molecule has 1 fully saturated rings. The second-order valence-electron chi connectivity index (χ2n) is 4.88. The summed E-state index contributed by atoms with van der Waals surface area (Å²) >= 11 is 0. The fraction of sp³-hybridized carbons (Fsp3) is 0.692. The molecule has 2 rings (SSSR count). The topological polar surface area (TPSA) is 50.2 Å². The van der Waals surface area contributed by atoms with Crippen LogP contribution in [0.5, 0.6) is 0 Å². The molecule has 0 atom stereocenters. The SMILES string of the molecule is Cn1ccc(CNCC(=O)N2CCCCCC2)n1. The van der Waals surface area contributed by atoms with E-state index < -0.39 is 0 Å². The van der Waals surface area contributed by atoms with E-state index in [4.69, 9.17) is 0 Å². The molecule has 1 aliphatic heterocycles. The molecule has 1 amide bonds. The first-order chi connectivity index (χ1) is 8.75. The first kappa shape index (κ1) is 13.1. The summed E-state index contributed by atoms with van der Waals surface area (Å²) < 4.78 is 1.77. The van der Waals surface area contributed by atoms with E-state index in [1.165, 1.54) is 12.8 Å². The van der Waals surface area contributed by atoms with Gasteiger partial charge in [0.1, 0.15) is 0 Å². The highest BCUT2D eigenvalue weighted by Gasteiger charge is 2.14. The summed E-state index contributed by atoms with van der Waals surface area (Å²) in [5, 5.41) is 7.43. The fourth-order valence-corrected chi connectivity index (χ4v) is 2.29. The number of hydrogen-bond donors (Lipinski definition) is 1. The molecule has 1 aromatic rings. The van der Waals surface area contributed by atoms with Crippen molar-refractivity contribution in [1.82, 2.24) is 20.0 Å². The number of rotatable bonds is 4. The molecular weight excluding hydrogens is 228 g/mol. The molecule has 1 aromatic heterocycles. The van der Waals surface area contributed by atoms with Crippen molar-refractivity contribution >= 4 is 5.91 Å². The van der Waals surface area contributed by atoms with Crippen LogP contribution in [0.25, 0.3) is 0 Å². The predicted molar refractivity (Wildman–Crippen MR) is 70.0 cm³/mol. The molecule has 5 nitrogen and oxygen atoms in total. The summed E-state index contributed by atoms with van der Waals surface area (Å²) in [5.74, 6) is 0.216. The van der Waals surface area contributed by atoms with E-state index in [2.05, 4.69) is 10.4 Å². The Morgan fingerprint density at radius 3 is 2.67 bits per heavy atom. The van der Waals surface area contributed by atoms with E-state index in [9.17, 15) is 4.79 Å². The molecule has 2 heterocycles. The zero-order chi connectivity index (χ0) is 12.8. The number of nitrogens with one attached hydrogen (secondary N) is 1. The fourth-order valence-electron chi connectivity index (χ4n) is 2.29. The molecule has 100 valence electrons. The summed E-state index contributed by atoms with van der Waals surface area (Å²) in [6.45, 7) is 2.91. The molecule has 5 heteroatoms. The number of hydrogen-bond acceptors (Lipinski definition) is 3. The summed E-state index contributed by atoms with van der Waals surface area (Å²) in [4.78, 5) is 14.0. The lowest BCUT2D eigenvalue weighted by Crippen LogP contribution is -2.38. The molecule has 1 saturated heterocycles. The van der Waals surface area contributed by atoms with Gasteiger partial charge in [0.25, 0.3) is 0 Å². The molecule has 0 bridgehead atoms. The zero-order valence-electron chi connectivity index (χ0n) is 11.1. The number of nitrogens with zero attached hydrogens (tertiary/aromatic N) is 3. The summed E-state index contributed by atoms with van der Waals surface area (Å²) in [7, 11) is 1.89. The first-order valence-corrected chi connectivity index (χ1v) is 6.73. The summed E-state index contributed by atoms with van der Waals surface area (Å²) in [5.41, 5.74) is 0.973. The lowest BCUT2D eigenvalue weighted by molar-refractivity contribution is -0.130. The average molecular weight is 250 g/mol. The van der Waals surface area contributed by atoms with Gasteiger partial charge >= 0.3 is 0 Å². The van der Waals surface area contributed by atoms with Gasteiger partial charge in [-0.25, -0.2) is 0 Å². The van der Waals surface area contributed by atoms with Gasteiger partial charge in [-0.3, -0.25) is 9.48 Å². The van der Waals surface area contributed by atoms with Crippen LogP contribution < -0.4 is 5.32 Å². The standard InChI is InChI=1S/C13H22N4O/c1-16-9-6-12(15-16)10-14-11-13(18)17-7-4-2-3-5-8-17/h6,9,14H,2-5,7-8,10-11H2,1H3. The van der Waals surface area contributed by atoms with Crippen LogP contribution in [0.4, 0.5) is 0 Å². The lowest BCUT2D eigenvalue weighted by atomic mass is 10.2. The van der Waals surface area contributed by atoms with E-state index in [-0.39, 0.29) is 5.91 Å². The van der Waals surface area contributed by atoms with Gasteiger partial charge in [0.15, 0.2) is 0 Å². The van der Waals surface area contributed by atoms with Gasteiger partial charge in [-0.05, 0) is 18.9 Å². The minimum atomic E-state index is 0.216. The van der Waals surface area contributed by atoms with E-state index >= 15 is 0 Å². The van der Waals surface area contributed by atoms with Gasteiger partial charge in [0, 0.05) is 32.9 Å². The molecule has 0 aromatic carbocycles. The third-order valence-electron chi connectivity index (χ3n) is 3.31. The van der Waals surface area contributed by atoms with E-state index in [0.717, 1.165) is 31.6 Å². The Labute approximate surface area is 108 Å². The Balaban J connectivity index is 1.70. The number of aryl methyl sites for hydroxylation is 1. The van der Waals surface area contributed by atoms with Crippen LogP contribution in [0.2, 0.25) is 0 Å². The van der Waals surface area contributed by atoms with Crippen LogP contribution in [-0.2, 0) is 18.4 Å². The number of carbonyl (C=O) groups is 1. The van der Waals surface area contributed by atoms with Crippen molar-refractivity contribution < 1.29 is 4.79 Å². The molecule has 18 heavy (non-hydrogen) atoms. The normalized spacial score (nSPS) is 16.6. The number of likely N-dealkylation sites (tertiary alicyclic amines) is 1. The van der Waals surface area contributed by atoms with E-state index in [0.29, 0.717) is 13.1 Å². The molecule has 1 N–H and O–H groups in total. The zero-order valence-corrected chi connectivity index (χ0v) is 11.1. The van der Waals surface area contributed by atoms with Crippen molar-refractivity contribution in [2.24, 2.45) is 7.05 Å². The first-order valence-electron chi connectivity index (χ1n) is 6.73. The summed E-state index contributed by atoms with van der Waals surface area (Å²) in [6, 6.07) is 1.96. The Morgan fingerprint density at radius 1 is 1.33 bits per heavy atom. The Hall–Kier alpha value is -1.36. The van der Waals surface area contributed by atoms with Crippen molar-refractivity contribution in [3.63, 3.8) is 0 Å². The minimum absolute atomic E-state index is 0.216. The highest BCUT2D eigenvalue weighted by atomic mass is 16.2. The number of aromatic nitrogens is 2. The quantitative estimate of drug-likeness (QED) is 0.864. The Morgan fingerprint density at radius 2 is 2.06 bits per heavy atom. The molecule has 0 saturated carbocycles. The van der Waals surface area contributed by atoms with Gasteiger partial charge in [-0.15, -0.1) is 0 Å². The second-order valence-corrected chi connectivity index (χ2v) is 4.88. The molecular formula is C13H22N4O. The van der Waals surface area contributed by atoms with E-state index in [1.807, 2.05) is 24.2 Å². The molecule has 0 spiro atoms. The monoisotopic (exact) mass is 250 g/mol. The van der Waals surface area contributed by atoms with Gasteiger partial charge in [-0.2, -0.15) is 5.10 Å². The average Bonchev–Trinajstić information content (AvgIpc) is 2.63. The van der Waals surface area contributed by atoms with Crippen molar-refractivity contribution in [2.75, 3.05) is 19.6 Å². The van der Waals surface area contributed by atoms with Crippen LogP contribution in [0, 0.1) is 0 Å². The number of amides is 1. The van der Waals surface area contributed by atoms with Gasteiger partial charge in [0.2, 0.25) is 5.91 Å². The highest BCUT2D eigenvalue weighted by Crippen LogP contribution is 2.09. The minimum Gasteiger partial charge on any atom is -0.342 e. The largest absolute Gasteiger partial charge is 0.342 e. The third-order valence-corrected chi connectivity index (χ3v) is 3.31. The van der Waals surface area contributed by atoms with Gasteiger partial charge < -0.3 is 10.2 Å². The van der Waals surface area contributed by atoms with Crippen LogP contribution >= 0.6 is 0 Å². The van der Waals surface area contributed by atoms with Gasteiger partial charge in [-0.1, -0.05) is 12.8 Å². The predicted octanol–water partition coefficient (Wildman–Crippen LogP) is 0.912. The number of carbonyl (C=O) groups excluding carboxylic acids is 1. The van der Waals surface area contributed by atoms with Crippen molar-refractivity contribution in [1.29, 1.82) is 0 Å². The van der Waals surface area contributed by atoms with Crippen LogP contribution in [0.1, 0.15) is 31.4 Å². The van der Waals surface area contributed by atoms with Crippen molar-refractivity contribution in [3.05, 3.63) is 18.0 Å². The molecule has 0 aliphatic carbocycles. The Bertz CT molecular complexity index is 380. The van der Waals surface area contributed by atoms with Crippen LogP contribution in [-0.4, -0.2) is 40.2 Å². The highest BCUT2D eigenvalue weighted by molar-refractivity contribution is 5.78. The maximum atomic E-state index is 12.0.